The number of nitrogens with one attached hydrogen (secondary N) is 1. The Morgan fingerprint density at radius 2 is 2.13 bits per heavy atom. The third-order valence-electron chi connectivity index (χ3n) is 1.60. The Morgan fingerprint density at radius 3 is 2.73 bits per heavy atom. The van der Waals surface area contributed by atoms with E-state index < -0.39 is 0 Å². The van der Waals surface area contributed by atoms with E-state index in [9.17, 15) is 0 Å². The molecule has 4 N–H and O–H groups in total. The van der Waals surface area contributed by atoms with Crippen molar-refractivity contribution in [3.63, 3.8) is 0 Å². The van der Waals surface area contributed by atoms with E-state index in [4.69, 9.17) is 22.4 Å². The van der Waals surface area contributed by atoms with Crippen molar-refractivity contribution in [2.24, 2.45) is 0 Å². The van der Waals surface area contributed by atoms with Crippen LogP contribution < -0.4 is 11.1 Å². The number of halogens is 2. The molecule has 0 atom stereocenters. The van der Waals surface area contributed by atoms with Crippen LogP contribution in [0.5, 0.6) is 0 Å². The molecule has 0 saturated heterocycles. The molecule has 0 radical (unpaired) electrons. The van der Waals surface area contributed by atoms with Crippen molar-refractivity contribution in [3.8, 4) is 0 Å². The van der Waals surface area contributed by atoms with Gasteiger partial charge in [-0.2, -0.15) is 4.98 Å². The lowest BCUT2D eigenvalue weighted by Gasteiger charge is -2.05. The van der Waals surface area contributed by atoms with E-state index in [2.05, 4.69) is 15.3 Å². The number of hydrogen-bond donors (Lipinski definition) is 3. The van der Waals surface area contributed by atoms with Gasteiger partial charge in [0.25, 0.3) is 0 Å². The van der Waals surface area contributed by atoms with Crippen molar-refractivity contribution in [2.45, 2.75) is 12.8 Å². The molecule has 0 amide bonds. The fourth-order valence-corrected chi connectivity index (χ4v) is 1.17. The summed E-state index contributed by atoms with van der Waals surface area (Å²) in [5.41, 5.74) is 5.40. The number of aliphatic hydroxyl groups is 1. The molecule has 0 saturated carbocycles. The molecule has 1 heterocycles. The van der Waals surface area contributed by atoms with Crippen LogP contribution in [0.25, 0.3) is 0 Å². The Balaban J connectivity index is 0.00000196. The summed E-state index contributed by atoms with van der Waals surface area (Å²) in [7, 11) is 0. The molecule has 5 nitrogen and oxygen atoms in total. The summed E-state index contributed by atoms with van der Waals surface area (Å²) >= 11 is 5.68. The maximum atomic E-state index is 8.56. The molecule has 1 aromatic rings. The second kappa shape index (κ2) is 7.50. The summed E-state index contributed by atoms with van der Waals surface area (Å²) in [6.45, 7) is 0.932. The zero-order chi connectivity index (χ0) is 10.4. The standard InChI is InChI=1S/C8H13ClN4O.ClH/c9-6-5-7(13-8(10)12-6)11-3-1-2-4-14;/h5,14H,1-4H2,(H3,10,11,12,13);1H. The molecule has 15 heavy (non-hydrogen) atoms. The summed E-state index contributed by atoms with van der Waals surface area (Å²) in [6.07, 6.45) is 1.64. The van der Waals surface area contributed by atoms with Gasteiger partial charge in [0.1, 0.15) is 11.0 Å². The Morgan fingerprint density at radius 1 is 1.40 bits per heavy atom. The van der Waals surface area contributed by atoms with E-state index in [-0.39, 0.29) is 25.0 Å². The van der Waals surface area contributed by atoms with Crippen molar-refractivity contribution >= 4 is 35.8 Å². The van der Waals surface area contributed by atoms with Gasteiger partial charge in [0.15, 0.2) is 0 Å². The Hall–Kier alpha value is -0.780. The number of aromatic nitrogens is 2. The van der Waals surface area contributed by atoms with Crippen LogP contribution in [0.3, 0.4) is 0 Å². The van der Waals surface area contributed by atoms with Crippen LogP contribution in [0.2, 0.25) is 5.15 Å². The van der Waals surface area contributed by atoms with E-state index in [0.29, 0.717) is 11.0 Å². The highest BCUT2D eigenvalue weighted by atomic mass is 35.5. The van der Waals surface area contributed by atoms with Gasteiger partial charge >= 0.3 is 0 Å². The molecule has 0 spiro atoms. The molecule has 0 aliphatic carbocycles. The predicted octanol–water partition coefficient (Wildman–Crippen LogP) is 1.32. The minimum Gasteiger partial charge on any atom is -0.396 e. The lowest BCUT2D eigenvalue weighted by molar-refractivity contribution is 0.286. The van der Waals surface area contributed by atoms with Gasteiger partial charge in [-0.05, 0) is 12.8 Å². The maximum Gasteiger partial charge on any atom is 0.223 e. The second-order valence-electron chi connectivity index (χ2n) is 2.79. The van der Waals surface area contributed by atoms with Gasteiger partial charge in [-0.1, -0.05) is 11.6 Å². The van der Waals surface area contributed by atoms with Crippen molar-refractivity contribution < 1.29 is 5.11 Å². The van der Waals surface area contributed by atoms with Gasteiger partial charge in [0.05, 0.1) is 0 Å². The van der Waals surface area contributed by atoms with Crippen molar-refractivity contribution in [1.29, 1.82) is 0 Å². The first-order valence-electron chi connectivity index (χ1n) is 4.37. The van der Waals surface area contributed by atoms with E-state index in [1.165, 1.54) is 0 Å². The van der Waals surface area contributed by atoms with Crippen LogP contribution in [0, 0.1) is 0 Å². The fourth-order valence-electron chi connectivity index (χ4n) is 0.979. The first-order valence-corrected chi connectivity index (χ1v) is 4.75. The quantitative estimate of drug-likeness (QED) is 0.544. The monoisotopic (exact) mass is 252 g/mol. The number of hydrogen-bond acceptors (Lipinski definition) is 5. The topological polar surface area (TPSA) is 84.1 Å². The van der Waals surface area contributed by atoms with Gasteiger partial charge in [0, 0.05) is 19.2 Å². The van der Waals surface area contributed by atoms with E-state index in [0.717, 1.165) is 19.4 Å². The van der Waals surface area contributed by atoms with Gasteiger partial charge in [0.2, 0.25) is 5.95 Å². The van der Waals surface area contributed by atoms with Crippen LogP contribution in [-0.2, 0) is 0 Å². The molecule has 0 aromatic carbocycles. The van der Waals surface area contributed by atoms with Gasteiger partial charge in [-0.15, -0.1) is 12.4 Å². The normalized spacial score (nSPS) is 9.47. The molecular formula is C8H14Cl2N4O. The van der Waals surface area contributed by atoms with Crippen molar-refractivity contribution in [3.05, 3.63) is 11.2 Å². The molecule has 0 aliphatic heterocycles. The van der Waals surface area contributed by atoms with E-state index in [1.54, 1.807) is 6.07 Å². The molecule has 1 aromatic heterocycles. The second-order valence-corrected chi connectivity index (χ2v) is 3.18. The third kappa shape index (κ3) is 5.61. The summed E-state index contributed by atoms with van der Waals surface area (Å²) in [6, 6.07) is 1.61. The summed E-state index contributed by atoms with van der Waals surface area (Å²) in [5.74, 6) is 0.766. The lowest BCUT2D eigenvalue weighted by Crippen LogP contribution is -2.06. The predicted molar refractivity (Wildman–Crippen MR) is 63.5 cm³/mol. The SMILES string of the molecule is Cl.Nc1nc(Cl)cc(NCCCCO)n1. The maximum absolute atomic E-state index is 8.56. The molecule has 0 fully saturated rings. The van der Waals surface area contributed by atoms with Gasteiger partial charge < -0.3 is 16.2 Å². The smallest absolute Gasteiger partial charge is 0.223 e. The fraction of sp³-hybridized carbons (Fsp3) is 0.500. The Kier molecular flexibility index (Phi) is 7.11. The number of nitrogens with two attached hydrogens (primary N) is 1. The van der Waals surface area contributed by atoms with Crippen LogP contribution >= 0.6 is 24.0 Å². The molecule has 0 bridgehead atoms. The number of nitrogens with zero attached hydrogens (tertiary/aromatic N) is 2. The highest BCUT2D eigenvalue weighted by Crippen LogP contribution is 2.12. The average Bonchev–Trinajstić information content (AvgIpc) is 2.11. The van der Waals surface area contributed by atoms with Crippen LogP contribution in [-0.4, -0.2) is 28.2 Å². The molecular weight excluding hydrogens is 239 g/mol. The molecule has 0 aliphatic rings. The molecule has 1 rings (SSSR count). The first-order chi connectivity index (χ1) is 6.72. The number of nitrogen functional groups attached to an aromatic ring is 1. The first kappa shape index (κ1) is 14.2. The number of rotatable bonds is 5. The van der Waals surface area contributed by atoms with Crippen LogP contribution in [0.1, 0.15) is 12.8 Å². The third-order valence-corrected chi connectivity index (χ3v) is 1.80. The van der Waals surface area contributed by atoms with Crippen molar-refractivity contribution in [2.75, 3.05) is 24.2 Å². The number of anilines is 2. The minimum atomic E-state index is 0. The number of aliphatic hydroxyl groups excluding tert-OH is 1. The average molecular weight is 253 g/mol. The van der Waals surface area contributed by atoms with Crippen molar-refractivity contribution in [1.82, 2.24) is 9.97 Å². The zero-order valence-electron chi connectivity index (χ0n) is 8.11. The Labute approximate surface area is 99.5 Å². The highest BCUT2D eigenvalue weighted by molar-refractivity contribution is 6.29. The lowest BCUT2D eigenvalue weighted by atomic mass is 10.3. The van der Waals surface area contributed by atoms with Gasteiger partial charge in [-0.25, -0.2) is 4.98 Å². The highest BCUT2D eigenvalue weighted by Gasteiger charge is 1.98. The largest absolute Gasteiger partial charge is 0.396 e. The van der Waals surface area contributed by atoms with E-state index >= 15 is 0 Å². The van der Waals surface area contributed by atoms with Crippen LogP contribution in [0.4, 0.5) is 11.8 Å². The summed E-state index contributed by atoms with van der Waals surface area (Å²) in [5, 5.41) is 11.9. The molecule has 7 heteroatoms. The zero-order valence-corrected chi connectivity index (χ0v) is 9.68. The molecule has 86 valence electrons. The van der Waals surface area contributed by atoms with E-state index in [1.807, 2.05) is 0 Å². The van der Waals surface area contributed by atoms with Gasteiger partial charge in [-0.3, -0.25) is 0 Å². The summed E-state index contributed by atoms with van der Waals surface area (Å²) in [4.78, 5) is 7.67. The molecule has 0 unspecified atom stereocenters. The van der Waals surface area contributed by atoms with Crippen LogP contribution in [0.15, 0.2) is 6.07 Å². The number of unbranched alkanes of at least 4 members (excludes halogenated alkanes) is 1. The Bertz CT molecular complexity index is 278. The summed E-state index contributed by atoms with van der Waals surface area (Å²) < 4.78 is 0. The minimum absolute atomic E-state index is 0.